The summed E-state index contributed by atoms with van der Waals surface area (Å²) in [5, 5.41) is 0. The second-order valence-electron chi connectivity index (χ2n) is 11.0. The Balaban J connectivity index is 1.32. The fourth-order valence-electron chi connectivity index (χ4n) is 5.43. The Bertz CT molecular complexity index is 1200. The molecular formula is C26H36N6O. The normalized spacial score (nSPS) is 19.8. The van der Waals surface area contributed by atoms with Crippen molar-refractivity contribution < 1.29 is 0 Å². The molecule has 33 heavy (non-hydrogen) atoms. The van der Waals surface area contributed by atoms with Crippen LogP contribution in [0.25, 0.3) is 11.2 Å². The van der Waals surface area contributed by atoms with Crippen LogP contribution in [0, 0.1) is 11.3 Å². The second kappa shape index (κ2) is 8.60. The van der Waals surface area contributed by atoms with Crippen molar-refractivity contribution in [3.63, 3.8) is 0 Å². The topological polar surface area (TPSA) is 59.2 Å². The molecule has 0 N–H and O–H groups in total. The van der Waals surface area contributed by atoms with Crippen molar-refractivity contribution in [1.29, 1.82) is 0 Å². The van der Waals surface area contributed by atoms with Gasteiger partial charge in [0.2, 0.25) is 0 Å². The zero-order valence-electron chi connectivity index (χ0n) is 20.4. The molecule has 5 heterocycles. The van der Waals surface area contributed by atoms with E-state index < -0.39 is 0 Å². The summed E-state index contributed by atoms with van der Waals surface area (Å²) in [5.74, 6) is 1.62. The van der Waals surface area contributed by atoms with E-state index in [9.17, 15) is 4.79 Å². The van der Waals surface area contributed by atoms with E-state index in [2.05, 4.69) is 59.8 Å². The quantitative estimate of drug-likeness (QED) is 0.612. The van der Waals surface area contributed by atoms with Gasteiger partial charge in [0, 0.05) is 64.6 Å². The Labute approximate surface area is 196 Å². The Morgan fingerprint density at radius 2 is 2.00 bits per heavy atom. The predicted molar refractivity (Wildman–Crippen MR) is 133 cm³/mol. The van der Waals surface area contributed by atoms with Crippen LogP contribution in [0.5, 0.6) is 0 Å². The number of imidazole rings is 1. The highest BCUT2D eigenvalue weighted by Gasteiger charge is 2.26. The molecule has 0 aromatic carbocycles. The Hall–Kier alpha value is -2.67. The summed E-state index contributed by atoms with van der Waals surface area (Å²) in [5.41, 5.74) is 4.40. The monoisotopic (exact) mass is 448 g/mol. The molecule has 2 aliphatic rings. The van der Waals surface area contributed by atoms with E-state index in [1.165, 1.54) is 24.1 Å². The van der Waals surface area contributed by atoms with Gasteiger partial charge in [-0.15, -0.1) is 0 Å². The Morgan fingerprint density at radius 3 is 2.82 bits per heavy atom. The fraction of sp³-hybridized carbons (Fsp3) is 0.577. The van der Waals surface area contributed by atoms with Gasteiger partial charge in [-0.25, -0.2) is 9.78 Å². The lowest BCUT2D eigenvalue weighted by Gasteiger charge is -2.37. The second-order valence-corrected chi connectivity index (χ2v) is 11.0. The molecule has 3 aromatic heterocycles. The van der Waals surface area contributed by atoms with Crippen LogP contribution in [0.3, 0.4) is 0 Å². The standard InChI is InChI=1S/C26H36N6O/c1-26(2,3)18-32-22-9-10-23(28-24(22)29(4)25(32)33)31-13-6-7-19(16-31)15-30-14-11-21-20(17-30)8-5-12-27-21/h5,8-10,12,19H,6-7,11,13-18H2,1-4H3. The van der Waals surface area contributed by atoms with Crippen LogP contribution >= 0.6 is 0 Å². The molecule has 1 fully saturated rings. The van der Waals surface area contributed by atoms with Crippen molar-refractivity contribution in [3.8, 4) is 0 Å². The molecule has 0 aliphatic carbocycles. The van der Waals surface area contributed by atoms with Crippen LogP contribution in [0.15, 0.2) is 35.3 Å². The van der Waals surface area contributed by atoms with E-state index in [0.717, 1.165) is 56.1 Å². The van der Waals surface area contributed by atoms with Crippen LogP contribution in [0.4, 0.5) is 5.82 Å². The molecule has 1 atom stereocenters. The van der Waals surface area contributed by atoms with Crippen LogP contribution < -0.4 is 10.6 Å². The van der Waals surface area contributed by atoms with Crippen LogP contribution in [0.1, 0.15) is 44.9 Å². The van der Waals surface area contributed by atoms with Gasteiger partial charge in [-0.3, -0.25) is 19.0 Å². The smallest absolute Gasteiger partial charge is 0.330 e. The molecule has 0 spiro atoms. The van der Waals surface area contributed by atoms with Crippen molar-refractivity contribution in [1.82, 2.24) is 24.0 Å². The zero-order valence-corrected chi connectivity index (χ0v) is 20.4. The van der Waals surface area contributed by atoms with Crippen molar-refractivity contribution in [2.45, 2.75) is 53.1 Å². The van der Waals surface area contributed by atoms with Gasteiger partial charge in [0.1, 0.15) is 5.82 Å². The SMILES string of the molecule is Cn1c(=O)n(CC(C)(C)C)c2ccc(N3CCCC(CN4CCc5ncccc5C4)C3)nc21. The van der Waals surface area contributed by atoms with Gasteiger partial charge in [-0.05, 0) is 47.9 Å². The number of hydrogen-bond acceptors (Lipinski definition) is 5. The van der Waals surface area contributed by atoms with Gasteiger partial charge in [-0.2, -0.15) is 0 Å². The summed E-state index contributed by atoms with van der Waals surface area (Å²) in [7, 11) is 1.84. The summed E-state index contributed by atoms with van der Waals surface area (Å²) < 4.78 is 3.57. The Kier molecular flexibility index (Phi) is 5.77. The zero-order chi connectivity index (χ0) is 23.2. The minimum atomic E-state index is 0.0148. The predicted octanol–water partition coefficient (Wildman–Crippen LogP) is 3.45. The first-order valence-corrected chi connectivity index (χ1v) is 12.2. The van der Waals surface area contributed by atoms with Crippen molar-refractivity contribution >= 4 is 17.0 Å². The highest BCUT2D eigenvalue weighted by molar-refractivity contribution is 5.74. The number of aromatic nitrogens is 4. The van der Waals surface area contributed by atoms with Gasteiger partial charge < -0.3 is 4.90 Å². The lowest BCUT2D eigenvalue weighted by atomic mass is 9.96. The molecule has 0 amide bonds. The number of fused-ring (bicyclic) bond motifs is 2. The molecule has 1 saturated heterocycles. The average molecular weight is 449 g/mol. The lowest BCUT2D eigenvalue weighted by Crippen LogP contribution is -2.42. The highest BCUT2D eigenvalue weighted by Crippen LogP contribution is 2.27. The summed E-state index contributed by atoms with van der Waals surface area (Å²) in [6, 6.07) is 8.46. The van der Waals surface area contributed by atoms with E-state index in [0.29, 0.717) is 12.5 Å². The van der Waals surface area contributed by atoms with E-state index in [4.69, 9.17) is 4.98 Å². The number of hydrogen-bond donors (Lipinski definition) is 0. The molecule has 2 aliphatic heterocycles. The minimum Gasteiger partial charge on any atom is -0.356 e. The van der Waals surface area contributed by atoms with Gasteiger partial charge in [0.05, 0.1) is 5.52 Å². The van der Waals surface area contributed by atoms with Crippen molar-refractivity contribution in [2.24, 2.45) is 18.4 Å². The van der Waals surface area contributed by atoms with Gasteiger partial charge >= 0.3 is 5.69 Å². The maximum Gasteiger partial charge on any atom is 0.330 e. The molecular weight excluding hydrogens is 412 g/mol. The van der Waals surface area contributed by atoms with E-state index in [1.807, 2.05) is 17.8 Å². The lowest BCUT2D eigenvalue weighted by molar-refractivity contribution is 0.199. The number of pyridine rings is 2. The molecule has 0 saturated carbocycles. The first kappa shape index (κ1) is 22.1. The first-order valence-electron chi connectivity index (χ1n) is 12.2. The molecule has 7 heteroatoms. The molecule has 0 bridgehead atoms. The highest BCUT2D eigenvalue weighted by atomic mass is 16.1. The third-order valence-electron chi connectivity index (χ3n) is 7.00. The van der Waals surface area contributed by atoms with E-state index >= 15 is 0 Å². The van der Waals surface area contributed by atoms with Crippen LogP contribution in [-0.2, 0) is 26.6 Å². The van der Waals surface area contributed by atoms with E-state index in [1.54, 1.807) is 4.57 Å². The first-order chi connectivity index (χ1) is 15.8. The third kappa shape index (κ3) is 4.56. The van der Waals surface area contributed by atoms with Crippen LogP contribution in [-0.4, -0.2) is 50.2 Å². The molecule has 1 unspecified atom stereocenters. The Morgan fingerprint density at radius 1 is 1.15 bits per heavy atom. The maximum absolute atomic E-state index is 12.9. The van der Waals surface area contributed by atoms with Gasteiger partial charge in [-0.1, -0.05) is 26.8 Å². The number of rotatable bonds is 4. The number of aryl methyl sites for hydroxylation is 1. The summed E-state index contributed by atoms with van der Waals surface area (Å²) in [4.78, 5) is 27.4. The summed E-state index contributed by atoms with van der Waals surface area (Å²) >= 11 is 0. The number of anilines is 1. The minimum absolute atomic E-state index is 0.0148. The maximum atomic E-state index is 12.9. The van der Waals surface area contributed by atoms with E-state index in [-0.39, 0.29) is 11.1 Å². The van der Waals surface area contributed by atoms with Crippen molar-refractivity contribution in [2.75, 3.05) is 31.1 Å². The average Bonchev–Trinajstić information content (AvgIpc) is 3.02. The largest absolute Gasteiger partial charge is 0.356 e. The number of nitrogens with zero attached hydrogens (tertiary/aromatic N) is 6. The molecule has 0 radical (unpaired) electrons. The van der Waals surface area contributed by atoms with Crippen molar-refractivity contribution in [3.05, 3.63) is 52.2 Å². The molecule has 7 nitrogen and oxygen atoms in total. The number of piperidine rings is 1. The molecule has 5 rings (SSSR count). The molecule has 176 valence electrons. The molecule has 3 aromatic rings. The van der Waals surface area contributed by atoms with Gasteiger partial charge in [0.25, 0.3) is 0 Å². The third-order valence-corrected chi connectivity index (χ3v) is 7.00. The summed E-state index contributed by atoms with van der Waals surface area (Å²) in [6.07, 6.45) is 5.39. The fourth-order valence-corrected chi connectivity index (χ4v) is 5.43. The van der Waals surface area contributed by atoms with Gasteiger partial charge in [0.15, 0.2) is 5.65 Å². The summed E-state index contributed by atoms with van der Waals surface area (Å²) in [6.45, 7) is 12.4. The van der Waals surface area contributed by atoms with Crippen LogP contribution in [0.2, 0.25) is 0 Å².